The molecule has 8 heteroatoms. The van der Waals surface area contributed by atoms with Crippen molar-refractivity contribution in [3.05, 3.63) is 76.7 Å². The summed E-state index contributed by atoms with van der Waals surface area (Å²) in [6, 6.07) is 13.4. The molecule has 1 aliphatic carbocycles. The molecule has 0 unspecified atom stereocenters. The average Bonchev–Trinajstić information content (AvgIpc) is 3.34. The van der Waals surface area contributed by atoms with Gasteiger partial charge in [0.05, 0.1) is 11.5 Å². The SMILES string of the molecule is CC(C)(C)c1ccc2c(c1)CCN(Cc1ccc(-c3ccnc4[nH]nc(NC5CCC(O)CC5)c34)cc1F)C2=O. The van der Waals surface area contributed by atoms with Gasteiger partial charge in [0.2, 0.25) is 0 Å². The number of nitrogens with zero attached hydrogens (tertiary/aromatic N) is 3. The Morgan fingerprint density at radius 3 is 2.62 bits per heavy atom. The highest BCUT2D eigenvalue weighted by atomic mass is 19.1. The molecular weight excluding hydrogens is 505 g/mol. The number of hydrogen-bond acceptors (Lipinski definition) is 5. The number of aliphatic hydroxyl groups is 1. The number of H-pyrrole nitrogens is 1. The quantitative estimate of drug-likeness (QED) is 0.289. The number of anilines is 1. The highest BCUT2D eigenvalue weighted by Crippen LogP contribution is 2.34. The molecule has 4 aromatic rings. The number of aromatic nitrogens is 3. The van der Waals surface area contributed by atoms with E-state index in [1.165, 1.54) is 11.6 Å². The molecule has 208 valence electrons. The average molecular weight is 542 g/mol. The predicted molar refractivity (Wildman–Crippen MR) is 155 cm³/mol. The van der Waals surface area contributed by atoms with Gasteiger partial charge in [-0.05, 0) is 78.0 Å². The van der Waals surface area contributed by atoms with Crippen LogP contribution in [0.25, 0.3) is 22.2 Å². The van der Waals surface area contributed by atoms with E-state index in [9.17, 15) is 9.90 Å². The summed E-state index contributed by atoms with van der Waals surface area (Å²) in [6.45, 7) is 7.29. The van der Waals surface area contributed by atoms with Crippen LogP contribution in [0.2, 0.25) is 0 Å². The van der Waals surface area contributed by atoms with Crippen molar-refractivity contribution in [2.75, 3.05) is 11.9 Å². The second-order valence-electron chi connectivity index (χ2n) is 12.2. The first-order valence-electron chi connectivity index (χ1n) is 14.2. The summed E-state index contributed by atoms with van der Waals surface area (Å²) >= 11 is 0. The normalized spacial score (nSPS) is 19.6. The minimum absolute atomic E-state index is 0.0210. The Bertz CT molecular complexity index is 1570. The largest absolute Gasteiger partial charge is 0.393 e. The third-order valence-corrected chi connectivity index (χ3v) is 8.36. The molecule has 1 aliphatic heterocycles. The molecule has 2 aliphatic rings. The summed E-state index contributed by atoms with van der Waals surface area (Å²) in [4.78, 5) is 19.4. The fourth-order valence-corrected chi connectivity index (χ4v) is 5.91. The Hall–Kier alpha value is -3.78. The standard InChI is InChI=1S/C32H36FN5O2/c1-32(2,3)22-6-11-26-20(16-22)13-15-38(31(26)40)18-21-5-4-19(17-27(21)33)25-12-14-34-29-28(25)30(37-36-29)35-23-7-9-24(39)10-8-23/h4-6,11-12,14,16-17,23-24,39H,7-10,13,15,18H2,1-3H3,(H2,34,35,36,37). The number of aromatic amines is 1. The number of nitrogens with one attached hydrogen (secondary N) is 2. The van der Waals surface area contributed by atoms with Crippen molar-refractivity contribution in [2.45, 2.75) is 77.0 Å². The number of fused-ring (bicyclic) bond motifs is 2. The van der Waals surface area contributed by atoms with Crippen LogP contribution >= 0.6 is 0 Å². The molecule has 7 nitrogen and oxygen atoms in total. The van der Waals surface area contributed by atoms with Crippen LogP contribution in [0.3, 0.4) is 0 Å². The van der Waals surface area contributed by atoms with Gasteiger partial charge in [0.1, 0.15) is 5.82 Å². The van der Waals surface area contributed by atoms with Crippen molar-refractivity contribution in [3.8, 4) is 11.1 Å². The number of amides is 1. The number of carbonyl (C=O) groups is 1. The van der Waals surface area contributed by atoms with Crippen LogP contribution in [0.5, 0.6) is 0 Å². The van der Waals surface area contributed by atoms with E-state index in [4.69, 9.17) is 0 Å². The van der Waals surface area contributed by atoms with Crippen molar-refractivity contribution < 1.29 is 14.3 Å². The first-order valence-corrected chi connectivity index (χ1v) is 14.2. The minimum Gasteiger partial charge on any atom is -0.393 e. The molecule has 0 radical (unpaired) electrons. The van der Waals surface area contributed by atoms with Gasteiger partial charge in [-0.15, -0.1) is 0 Å². The molecule has 2 aromatic heterocycles. The lowest BCUT2D eigenvalue weighted by Crippen LogP contribution is -2.37. The van der Waals surface area contributed by atoms with Gasteiger partial charge in [0, 0.05) is 36.5 Å². The lowest BCUT2D eigenvalue weighted by molar-refractivity contribution is 0.0725. The molecule has 3 heterocycles. The first-order chi connectivity index (χ1) is 19.2. The lowest BCUT2D eigenvalue weighted by Gasteiger charge is -2.30. The Kier molecular flexibility index (Phi) is 6.82. The third kappa shape index (κ3) is 5.08. The Morgan fingerprint density at radius 2 is 1.88 bits per heavy atom. The van der Waals surface area contributed by atoms with Crippen LogP contribution in [-0.2, 0) is 18.4 Å². The molecule has 1 saturated carbocycles. The van der Waals surface area contributed by atoms with Crippen molar-refractivity contribution >= 4 is 22.8 Å². The van der Waals surface area contributed by atoms with Gasteiger partial charge in [0.15, 0.2) is 11.5 Å². The summed E-state index contributed by atoms with van der Waals surface area (Å²) in [5, 5.41) is 21.6. The molecule has 0 saturated heterocycles. The smallest absolute Gasteiger partial charge is 0.254 e. The topological polar surface area (TPSA) is 94.1 Å². The summed E-state index contributed by atoms with van der Waals surface area (Å²) in [5.41, 5.74) is 5.70. The van der Waals surface area contributed by atoms with E-state index in [1.807, 2.05) is 24.3 Å². The van der Waals surface area contributed by atoms with Crippen molar-refractivity contribution in [3.63, 3.8) is 0 Å². The number of halogens is 1. The van der Waals surface area contributed by atoms with Gasteiger partial charge < -0.3 is 15.3 Å². The fraction of sp³-hybridized carbons (Fsp3) is 0.406. The van der Waals surface area contributed by atoms with E-state index >= 15 is 4.39 Å². The minimum atomic E-state index is -0.344. The van der Waals surface area contributed by atoms with E-state index in [2.05, 4.69) is 47.3 Å². The van der Waals surface area contributed by atoms with E-state index in [1.54, 1.807) is 17.2 Å². The van der Waals surface area contributed by atoms with Gasteiger partial charge in [-0.1, -0.05) is 45.0 Å². The van der Waals surface area contributed by atoms with Gasteiger partial charge in [0.25, 0.3) is 5.91 Å². The lowest BCUT2D eigenvalue weighted by atomic mass is 9.84. The maximum Gasteiger partial charge on any atom is 0.254 e. The van der Waals surface area contributed by atoms with Crippen molar-refractivity contribution in [2.24, 2.45) is 0 Å². The maximum absolute atomic E-state index is 15.5. The van der Waals surface area contributed by atoms with E-state index in [0.29, 0.717) is 29.1 Å². The van der Waals surface area contributed by atoms with Crippen LogP contribution in [0.1, 0.15) is 73.5 Å². The first kappa shape index (κ1) is 26.4. The molecular formula is C32H36FN5O2. The summed E-state index contributed by atoms with van der Waals surface area (Å²) in [7, 11) is 0. The van der Waals surface area contributed by atoms with Gasteiger partial charge in [-0.3, -0.25) is 9.89 Å². The van der Waals surface area contributed by atoms with Gasteiger partial charge in [-0.2, -0.15) is 5.10 Å². The predicted octanol–water partition coefficient (Wildman–Crippen LogP) is 5.98. The molecule has 1 amide bonds. The van der Waals surface area contributed by atoms with Crippen LogP contribution in [0.15, 0.2) is 48.7 Å². The van der Waals surface area contributed by atoms with Crippen LogP contribution < -0.4 is 5.32 Å². The van der Waals surface area contributed by atoms with Crippen LogP contribution in [-0.4, -0.2) is 49.8 Å². The monoisotopic (exact) mass is 541 g/mol. The third-order valence-electron chi connectivity index (χ3n) is 8.36. The molecule has 40 heavy (non-hydrogen) atoms. The number of pyridine rings is 1. The molecule has 6 rings (SSSR count). The van der Waals surface area contributed by atoms with E-state index < -0.39 is 0 Å². The Morgan fingerprint density at radius 1 is 1.07 bits per heavy atom. The van der Waals surface area contributed by atoms with Gasteiger partial charge >= 0.3 is 0 Å². The maximum atomic E-state index is 15.5. The number of aliphatic hydroxyl groups excluding tert-OH is 1. The van der Waals surface area contributed by atoms with Crippen molar-refractivity contribution in [1.29, 1.82) is 0 Å². The number of rotatable bonds is 5. The highest BCUT2D eigenvalue weighted by Gasteiger charge is 2.27. The van der Waals surface area contributed by atoms with E-state index in [0.717, 1.165) is 54.2 Å². The number of hydrogen-bond donors (Lipinski definition) is 3. The molecule has 0 bridgehead atoms. The summed E-state index contributed by atoms with van der Waals surface area (Å²) in [5.74, 6) is 0.296. The zero-order valence-electron chi connectivity index (χ0n) is 23.3. The molecule has 0 spiro atoms. The zero-order valence-corrected chi connectivity index (χ0v) is 23.3. The highest BCUT2D eigenvalue weighted by molar-refractivity contribution is 6.00. The Balaban J connectivity index is 1.23. The molecule has 3 N–H and O–H groups in total. The Labute approximate surface area is 233 Å². The molecule has 2 aromatic carbocycles. The second kappa shape index (κ2) is 10.3. The van der Waals surface area contributed by atoms with Gasteiger partial charge in [-0.25, -0.2) is 9.37 Å². The zero-order chi connectivity index (χ0) is 28.0. The second-order valence-corrected chi connectivity index (χ2v) is 12.2. The van der Waals surface area contributed by atoms with E-state index in [-0.39, 0.29) is 35.8 Å². The number of benzene rings is 2. The van der Waals surface area contributed by atoms with Crippen LogP contribution in [0.4, 0.5) is 10.2 Å². The summed E-state index contributed by atoms with van der Waals surface area (Å²) in [6.07, 6.45) is 5.48. The fourth-order valence-electron chi connectivity index (χ4n) is 5.91. The summed E-state index contributed by atoms with van der Waals surface area (Å²) < 4.78 is 15.5. The molecule has 0 atom stereocenters. The molecule has 1 fully saturated rings. The number of carbonyl (C=O) groups excluding carboxylic acids is 1. The van der Waals surface area contributed by atoms with Crippen LogP contribution in [0, 0.1) is 5.82 Å². The van der Waals surface area contributed by atoms with Crippen molar-refractivity contribution in [1.82, 2.24) is 20.1 Å².